The number of primary sulfonamides is 1. The monoisotopic (exact) mass is 332 g/mol. The van der Waals surface area contributed by atoms with Crippen molar-refractivity contribution in [3.05, 3.63) is 24.3 Å². The van der Waals surface area contributed by atoms with Crippen LogP contribution in [0, 0.1) is 5.41 Å². The molecule has 0 bridgehead atoms. The van der Waals surface area contributed by atoms with Crippen molar-refractivity contribution >= 4 is 20.0 Å². The van der Waals surface area contributed by atoms with Gasteiger partial charge in [-0.2, -0.15) is 0 Å². The van der Waals surface area contributed by atoms with Crippen molar-refractivity contribution in [2.45, 2.75) is 42.4 Å². The Bertz CT molecular complexity index is 722. The number of hydrogen-bond acceptors (Lipinski definition) is 4. The second-order valence-corrected chi connectivity index (χ2v) is 8.83. The van der Waals surface area contributed by atoms with Gasteiger partial charge in [0.15, 0.2) is 0 Å². The number of benzene rings is 1. The van der Waals surface area contributed by atoms with Crippen molar-refractivity contribution in [3.8, 4) is 0 Å². The zero-order chi connectivity index (χ0) is 15.7. The molecular weight excluding hydrogens is 312 g/mol. The molecule has 1 aromatic rings. The Morgan fingerprint density at radius 2 is 1.71 bits per heavy atom. The van der Waals surface area contributed by atoms with E-state index in [0.717, 1.165) is 25.7 Å². The zero-order valence-electron chi connectivity index (χ0n) is 11.9. The molecule has 0 heterocycles. The van der Waals surface area contributed by atoms with Gasteiger partial charge in [-0.3, -0.25) is 0 Å². The molecule has 21 heavy (non-hydrogen) atoms. The summed E-state index contributed by atoms with van der Waals surface area (Å²) in [6.07, 6.45) is 3.96. The summed E-state index contributed by atoms with van der Waals surface area (Å²) in [5.41, 5.74) is 0.0400. The van der Waals surface area contributed by atoms with E-state index in [1.54, 1.807) is 0 Å². The standard InChI is InChI=1S/C13H20N2O4S2/c1-2-7-13(8-9-13)10-15-21(18,19)12-6-4-3-5-11(12)20(14,16)17/h3-6,15H,2,7-10H2,1H3,(H2,14,16,17). The van der Waals surface area contributed by atoms with Gasteiger partial charge < -0.3 is 0 Å². The summed E-state index contributed by atoms with van der Waals surface area (Å²) in [7, 11) is -7.98. The lowest BCUT2D eigenvalue weighted by molar-refractivity contribution is 0.449. The van der Waals surface area contributed by atoms with Gasteiger partial charge in [-0.15, -0.1) is 0 Å². The van der Waals surface area contributed by atoms with Crippen LogP contribution in [0.1, 0.15) is 32.6 Å². The molecule has 1 fully saturated rings. The molecule has 118 valence electrons. The summed E-state index contributed by atoms with van der Waals surface area (Å²) in [5, 5.41) is 5.08. The third-order valence-electron chi connectivity index (χ3n) is 3.82. The molecule has 0 unspecified atom stereocenters. The number of nitrogens with two attached hydrogens (primary N) is 1. The molecule has 0 spiro atoms. The van der Waals surface area contributed by atoms with Gasteiger partial charge in [-0.25, -0.2) is 26.7 Å². The van der Waals surface area contributed by atoms with Gasteiger partial charge in [0.2, 0.25) is 20.0 Å². The van der Waals surface area contributed by atoms with E-state index in [0.29, 0.717) is 6.54 Å². The molecule has 3 N–H and O–H groups in total. The molecule has 0 amide bonds. The average molecular weight is 332 g/mol. The van der Waals surface area contributed by atoms with Crippen LogP contribution in [0.2, 0.25) is 0 Å². The predicted octanol–water partition coefficient (Wildman–Crippen LogP) is 1.19. The number of rotatable bonds is 7. The van der Waals surface area contributed by atoms with Crippen LogP contribution in [-0.4, -0.2) is 23.4 Å². The normalized spacial score (nSPS) is 17.6. The lowest BCUT2D eigenvalue weighted by atomic mass is 10.0. The van der Waals surface area contributed by atoms with Crippen LogP contribution in [0.4, 0.5) is 0 Å². The molecule has 1 aliphatic rings. The van der Waals surface area contributed by atoms with E-state index >= 15 is 0 Å². The van der Waals surface area contributed by atoms with E-state index < -0.39 is 20.0 Å². The average Bonchev–Trinajstić information content (AvgIpc) is 3.17. The molecule has 8 heteroatoms. The lowest BCUT2D eigenvalue weighted by Crippen LogP contribution is -2.31. The van der Waals surface area contributed by atoms with E-state index in [1.807, 2.05) is 0 Å². The number of hydrogen-bond donors (Lipinski definition) is 2. The van der Waals surface area contributed by atoms with Gasteiger partial charge in [-0.1, -0.05) is 25.5 Å². The number of sulfonamides is 2. The maximum Gasteiger partial charge on any atom is 0.241 e. The highest BCUT2D eigenvalue weighted by atomic mass is 32.2. The van der Waals surface area contributed by atoms with Crippen LogP contribution in [-0.2, 0) is 20.0 Å². The second-order valence-electron chi connectivity index (χ2n) is 5.57. The topological polar surface area (TPSA) is 106 Å². The molecule has 0 atom stereocenters. The largest absolute Gasteiger partial charge is 0.241 e. The van der Waals surface area contributed by atoms with Crippen LogP contribution in [0.25, 0.3) is 0 Å². The molecule has 1 saturated carbocycles. The first-order valence-corrected chi connectivity index (χ1v) is 9.85. The van der Waals surface area contributed by atoms with Gasteiger partial charge in [0, 0.05) is 6.54 Å². The Hall–Kier alpha value is -0.960. The lowest BCUT2D eigenvalue weighted by Gasteiger charge is -2.16. The molecule has 1 aromatic carbocycles. The van der Waals surface area contributed by atoms with Crippen molar-refractivity contribution in [2.75, 3.05) is 6.54 Å². The minimum atomic E-state index is -4.08. The van der Waals surface area contributed by atoms with Crippen molar-refractivity contribution in [3.63, 3.8) is 0 Å². The molecule has 0 aliphatic heterocycles. The maximum absolute atomic E-state index is 12.3. The Morgan fingerprint density at radius 1 is 1.14 bits per heavy atom. The van der Waals surface area contributed by atoms with Crippen molar-refractivity contribution in [1.29, 1.82) is 0 Å². The van der Waals surface area contributed by atoms with Crippen molar-refractivity contribution < 1.29 is 16.8 Å². The third kappa shape index (κ3) is 3.82. The van der Waals surface area contributed by atoms with Crippen LogP contribution in [0.3, 0.4) is 0 Å². The molecular formula is C13H20N2O4S2. The smallest absolute Gasteiger partial charge is 0.225 e. The van der Waals surface area contributed by atoms with E-state index in [2.05, 4.69) is 11.6 Å². The Labute approximate surface area is 125 Å². The van der Waals surface area contributed by atoms with Crippen LogP contribution >= 0.6 is 0 Å². The SMILES string of the molecule is CCCC1(CNS(=O)(=O)c2ccccc2S(N)(=O)=O)CC1. The Morgan fingerprint density at radius 3 is 2.19 bits per heavy atom. The minimum Gasteiger partial charge on any atom is -0.225 e. The van der Waals surface area contributed by atoms with Crippen molar-refractivity contribution in [1.82, 2.24) is 4.72 Å². The molecule has 0 aromatic heterocycles. The first kappa shape index (κ1) is 16.4. The first-order valence-electron chi connectivity index (χ1n) is 6.82. The molecule has 2 rings (SSSR count). The highest BCUT2D eigenvalue weighted by Crippen LogP contribution is 2.49. The quantitative estimate of drug-likeness (QED) is 0.782. The van der Waals surface area contributed by atoms with Crippen LogP contribution in [0.5, 0.6) is 0 Å². The molecule has 1 aliphatic carbocycles. The fourth-order valence-corrected chi connectivity index (χ4v) is 4.99. The Balaban J connectivity index is 2.25. The summed E-state index contributed by atoms with van der Waals surface area (Å²) < 4.78 is 50.2. The van der Waals surface area contributed by atoms with Gasteiger partial charge in [0.25, 0.3) is 0 Å². The molecule has 0 saturated heterocycles. The fourth-order valence-electron chi connectivity index (χ4n) is 2.46. The summed E-state index contributed by atoms with van der Waals surface area (Å²) in [4.78, 5) is -0.669. The summed E-state index contributed by atoms with van der Waals surface area (Å²) in [6.45, 7) is 2.40. The first-order chi connectivity index (χ1) is 9.70. The molecule has 0 radical (unpaired) electrons. The minimum absolute atomic E-state index is 0.0400. The van der Waals surface area contributed by atoms with E-state index in [9.17, 15) is 16.8 Å². The van der Waals surface area contributed by atoms with E-state index in [4.69, 9.17) is 5.14 Å². The van der Waals surface area contributed by atoms with Gasteiger partial charge in [0.05, 0.1) is 0 Å². The number of nitrogens with one attached hydrogen (secondary N) is 1. The summed E-state index contributed by atoms with van der Waals surface area (Å²) >= 11 is 0. The summed E-state index contributed by atoms with van der Waals surface area (Å²) in [5.74, 6) is 0. The third-order valence-corrected chi connectivity index (χ3v) is 6.38. The maximum atomic E-state index is 12.3. The van der Waals surface area contributed by atoms with E-state index in [1.165, 1.54) is 24.3 Å². The highest BCUT2D eigenvalue weighted by Gasteiger charge is 2.42. The predicted molar refractivity (Wildman–Crippen MR) is 79.6 cm³/mol. The van der Waals surface area contributed by atoms with E-state index in [-0.39, 0.29) is 15.2 Å². The fraction of sp³-hybridized carbons (Fsp3) is 0.538. The van der Waals surface area contributed by atoms with Gasteiger partial charge in [-0.05, 0) is 36.8 Å². The van der Waals surface area contributed by atoms with Gasteiger partial charge >= 0.3 is 0 Å². The molecule has 6 nitrogen and oxygen atoms in total. The van der Waals surface area contributed by atoms with Crippen LogP contribution in [0.15, 0.2) is 34.1 Å². The Kier molecular flexibility index (Phi) is 4.44. The zero-order valence-corrected chi connectivity index (χ0v) is 13.5. The van der Waals surface area contributed by atoms with Crippen LogP contribution < -0.4 is 9.86 Å². The highest BCUT2D eigenvalue weighted by molar-refractivity contribution is 7.92. The van der Waals surface area contributed by atoms with Gasteiger partial charge in [0.1, 0.15) is 9.79 Å². The van der Waals surface area contributed by atoms with Crippen molar-refractivity contribution in [2.24, 2.45) is 10.6 Å². The summed E-state index contributed by atoms with van der Waals surface area (Å²) in [6, 6.07) is 5.37. The second kappa shape index (κ2) is 5.68.